The standard InChI is InChI=1S/C47H30N4/c1-2-10-30(11-3-1)31-19-21-38-40(27-31)35-23-25-48-29-42(35)46(38)32-12-8-13-33(26-32)51-45-22-20-34(28-41(45)39-16-9-24-49-47(39)51)50-43-17-6-4-14-36(43)37-15-5-7-18-44(37)50/h1-29,46H. The molecule has 0 saturated carbocycles. The summed E-state index contributed by atoms with van der Waals surface area (Å²) in [4.78, 5) is 9.57. The van der Waals surface area contributed by atoms with Gasteiger partial charge in [-0.15, -0.1) is 0 Å². The molecule has 0 radical (unpaired) electrons. The summed E-state index contributed by atoms with van der Waals surface area (Å²) in [6, 6.07) is 57.1. The van der Waals surface area contributed by atoms with E-state index in [4.69, 9.17) is 4.98 Å². The lowest BCUT2D eigenvalue weighted by molar-refractivity contribution is 0.993. The first-order valence-corrected chi connectivity index (χ1v) is 17.4. The summed E-state index contributed by atoms with van der Waals surface area (Å²) < 4.78 is 4.71. The Hall–Kier alpha value is -6.78. The molecule has 4 nitrogen and oxygen atoms in total. The van der Waals surface area contributed by atoms with E-state index < -0.39 is 0 Å². The first kappa shape index (κ1) is 28.1. The SMILES string of the molecule is c1ccc(-c2ccc3c(c2)-c2ccncc2C3c2cccc(-n3c4ccc(-n5c6ccccc6c6ccccc65)cc4c4cccnc43)c2)cc1. The number of aromatic nitrogens is 4. The summed E-state index contributed by atoms with van der Waals surface area (Å²) in [6.07, 6.45) is 5.86. The number of rotatable bonds is 4. The molecule has 0 aliphatic heterocycles. The fourth-order valence-corrected chi connectivity index (χ4v) is 8.54. The molecule has 0 bridgehead atoms. The van der Waals surface area contributed by atoms with Crippen molar-refractivity contribution in [1.82, 2.24) is 19.1 Å². The van der Waals surface area contributed by atoms with Crippen LogP contribution in [-0.2, 0) is 0 Å². The van der Waals surface area contributed by atoms with Crippen LogP contribution >= 0.6 is 0 Å². The molecule has 0 spiro atoms. The van der Waals surface area contributed by atoms with Crippen molar-refractivity contribution in [2.75, 3.05) is 0 Å². The number of hydrogen-bond donors (Lipinski definition) is 0. The summed E-state index contributed by atoms with van der Waals surface area (Å²) in [5, 5.41) is 4.83. The third kappa shape index (κ3) is 4.14. The maximum Gasteiger partial charge on any atom is 0.145 e. The molecular formula is C47H30N4. The van der Waals surface area contributed by atoms with Crippen LogP contribution in [0, 0.1) is 0 Å². The van der Waals surface area contributed by atoms with Gasteiger partial charge in [-0.2, -0.15) is 0 Å². The van der Waals surface area contributed by atoms with Crippen LogP contribution < -0.4 is 0 Å². The van der Waals surface area contributed by atoms with Gasteiger partial charge in [-0.1, -0.05) is 91.0 Å². The Kier molecular flexibility index (Phi) is 5.98. The minimum atomic E-state index is 0.0800. The first-order valence-electron chi connectivity index (χ1n) is 17.4. The van der Waals surface area contributed by atoms with E-state index in [1.165, 1.54) is 66.1 Å². The molecule has 0 fully saturated rings. The second-order valence-electron chi connectivity index (χ2n) is 13.4. The lowest BCUT2D eigenvalue weighted by atomic mass is 9.89. The highest BCUT2D eigenvalue weighted by Crippen LogP contribution is 2.49. The minimum absolute atomic E-state index is 0.0800. The number of fused-ring (bicyclic) bond motifs is 9. The highest BCUT2D eigenvalue weighted by molar-refractivity contribution is 6.11. The van der Waals surface area contributed by atoms with Crippen molar-refractivity contribution in [1.29, 1.82) is 0 Å². The fourth-order valence-electron chi connectivity index (χ4n) is 8.54. The van der Waals surface area contributed by atoms with Crippen LogP contribution in [0.5, 0.6) is 0 Å². The Morgan fingerprint density at radius 3 is 2.02 bits per heavy atom. The van der Waals surface area contributed by atoms with E-state index in [9.17, 15) is 0 Å². The zero-order chi connectivity index (χ0) is 33.5. The summed E-state index contributed by atoms with van der Waals surface area (Å²) in [5.41, 5.74) is 15.5. The maximum absolute atomic E-state index is 4.97. The van der Waals surface area contributed by atoms with Gasteiger partial charge in [0.05, 0.1) is 16.6 Å². The summed E-state index contributed by atoms with van der Waals surface area (Å²) in [7, 11) is 0. The van der Waals surface area contributed by atoms with Gasteiger partial charge in [-0.05, 0) is 106 Å². The van der Waals surface area contributed by atoms with Gasteiger partial charge in [-0.3, -0.25) is 9.55 Å². The zero-order valence-corrected chi connectivity index (χ0v) is 27.6. The monoisotopic (exact) mass is 650 g/mol. The first-order chi connectivity index (χ1) is 25.3. The molecule has 0 N–H and O–H groups in total. The Balaban J connectivity index is 1.08. The van der Waals surface area contributed by atoms with Gasteiger partial charge in [0.15, 0.2) is 0 Å². The van der Waals surface area contributed by atoms with E-state index in [1.807, 2.05) is 24.7 Å². The number of pyridine rings is 2. The summed E-state index contributed by atoms with van der Waals surface area (Å²) in [6.45, 7) is 0. The van der Waals surface area contributed by atoms with Crippen LogP contribution in [0.4, 0.5) is 0 Å². The third-order valence-corrected chi connectivity index (χ3v) is 10.7. The Labute approximate surface area is 294 Å². The second kappa shape index (κ2) is 10.9. The molecule has 10 aromatic rings. The molecular weight excluding hydrogens is 621 g/mol. The van der Waals surface area contributed by atoms with Crippen molar-refractivity contribution in [3.05, 3.63) is 193 Å². The van der Waals surface area contributed by atoms with Gasteiger partial charge in [0.25, 0.3) is 0 Å². The van der Waals surface area contributed by atoms with Gasteiger partial charge >= 0.3 is 0 Å². The topological polar surface area (TPSA) is 35.6 Å². The van der Waals surface area contributed by atoms with Crippen molar-refractivity contribution < 1.29 is 0 Å². The number of hydrogen-bond acceptors (Lipinski definition) is 2. The van der Waals surface area contributed by atoms with Crippen molar-refractivity contribution >= 4 is 43.7 Å². The Bertz CT molecular complexity index is 2930. The van der Waals surface area contributed by atoms with E-state index in [1.54, 1.807) is 0 Å². The highest BCUT2D eigenvalue weighted by Gasteiger charge is 2.31. The average molecular weight is 651 g/mol. The van der Waals surface area contributed by atoms with Gasteiger partial charge in [0.2, 0.25) is 0 Å². The minimum Gasteiger partial charge on any atom is -0.309 e. The van der Waals surface area contributed by atoms with Crippen molar-refractivity contribution in [2.24, 2.45) is 0 Å². The van der Waals surface area contributed by atoms with Crippen LogP contribution in [-0.4, -0.2) is 19.1 Å². The van der Waals surface area contributed by atoms with Crippen LogP contribution in [0.2, 0.25) is 0 Å². The molecule has 1 aliphatic carbocycles. The predicted octanol–water partition coefficient (Wildman–Crippen LogP) is 11.5. The van der Waals surface area contributed by atoms with Crippen LogP contribution in [0.3, 0.4) is 0 Å². The number of benzene rings is 6. The van der Waals surface area contributed by atoms with Crippen LogP contribution in [0.15, 0.2) is 176 Å². The molecule has 6 aromatic carbocycles. The van der Waals surface area contributed by atoms with Gasteiger partial charge < -0.3 is 4.57 Å². The molecule has 0 saturated heterocycles. The zero-order valence-electron chi connectivity index (χ0n) is 27.6. The molecule has 4 aromatic heterocycles. The molecule has 1 unspecified atom stereocenters. The molecule has 1 atom stereocenters. The summed E-state index contributed by atoms with van der Waals surface area (Å²) >= 11 is 0. The smallest absolute Gasteiger partial charge is 0.145 e. The molecule has 51 heavy (non-hydrogen) atoms. The van der Waals surface area contributed by atoms with Gasteiger partial charge in [0, 0.05) is 57.4 Å². The quantitative estimate of drug-likeness (QED) is 0.190. The third-order valence-electron chi connectivity index (χ3n) is 10.7. The molecule has 4 heterocycles. The lowest BCUT2D eigenvalue weighted by Gasteiger charge is -2.17. The molecule has 1 aliphatic rings. The summed E-state index contributed by atoms with van der Waals surface area (Å²) in [5.74, 6) is 0.0800. The van der Waals surface area contributed by atoms with Gasteiger partial charge in [0.1, 0.15) is 5.65 Å². The number of para-hydroxylation sites is 2. The van der Waals surface area contributed by atoms with Crippen LogP contribution in [0.1, 0.15) is 22.6 Å². The normalized spacial score (nSPS) is 13.7. The average Bonchev–Trinajstić information content (AvgIpc) is 3.83. The van der Waals surface area contributed by atoms with Gasteiger partial charge in [-0.25, -0.2) is 4.98 Å². The van der Waals surface area contributed by atoms with E-state index >= 15 is 0 Å². The molecule has 0 amide bonds. The second-order valence-corrected chi connectivity index (χ2v) is 13.4. The fraction of sp³-hybridized carbons (Fsp3) is 0.0213. The largest absolute Gasteiger partial charge is 0.309 e. The van der Waals surface area contributed by atoms with E-state index in [-0.39, 0.29) is 5.92 Å². The van der Waals surface area contributed by atoms with Crippen molar-refractivity contribution in [3.63, 3.8) is 0 Å². The van der Waals surface area contributed by atoms with E-state index in [2.05, 4.69) is 166 Å². The lowest BCUT2D eigenvalue weighted by Crippen LogP contribution is -2.02. The molecule has 11 rings (SSSR count). The van der Waals surface area contributed by atoms with E-state index in [0.717, 1.165) is 27.9 Å². The Morgan fingerprint density at radius 1 is 0.431 bits per heavy atom. The predicted molar refractivity (Wildman–Crippen MR) is 209 cm³/mol. The Morgan fingerprint density at radius 2 is 1.18 bits per heavy atom. The van der Waals surface area contributed by atoms with Crippen molar-refractivity contribution in [2.45, 2.75) is 5.92 Å². The number of nitrogens with zero attached hydrogens (tertiary/aromatic N) is 4. The molecule has 4 heteroatoms. The molecule has 238 valence electrons. The van der Waals surface area contributed by atoms with Crippen LogP contribution in [0.25, 0.3) is 77.4 Å². The van der Waals surface area contributed by atoms with Crippen molar-refractivity contribution in [3.8, 4) is 33.6 Å². The maximum atomic E-state index is 4.97. The van der Waals surface area contributed by atoms with E-state index in [0.29, 0.717) is 0 Å². The highest BCUT2D eigenvalue weighted by atomic mass is 15.0.